The van der Waals surface area contributed by atoms with E-state index in [0.29, 0.717) is 0 Å². The molecule has 0 aliphatic heterocycles. The van der Waals surface area contributed by atoms with Crippen molar-refractivity contribution in [3.8, 4) is 11.5 Å². The first-order valence-corrected chi connectivity index (χ1v) is 8.68. The van der Waals surface area contributed by atoms with Crippen LogP contribution in [0.3, 0.4) is 0 Å². The van der Waals surface area contributed by atoms with E-state index in [0.717, 1.165) is 46.1 Å². The molecule has 20 heavy (non-hydrogen) atoms. The SMILES string of the molecule is COc1cc(Br)c(OCCCNC2CCCC2)cc1Br. The van der Waals surface area contributed by atoms with Crippen molar-refractivity contribution in [3.63, 3.8) is 0 Å². The first-order chi connectivity index (χ1) is 9.70. The zero-order chi connectivity index (χ0) is 14.4. The molecule has 112 valence electrons. The average Bonchev–Trinajstić information content (AvgIpc) is 2.95. The summed E-state index contributed by atoms with van der Waals surface area (Å²) in [6, 6.07) is 4.58. The van der Waals surface area contributed by atoms with Crippen molar-refractivity contribution in [2.24, 2.45) is 0 Å². The number of benzene rings is 1. The lowest BCUT2D eigenvalue weighted by Gasteiger charge is -2.13. The molecule has 0 heterocycles. The number of hydrogen-bond acceptors (Lipinski definition) is 3. The van der Waals surface area contributed by atoms with Crippen LogP contribution in [0.1, 0.15) is 32.1 Å². The highest BCUT2D eigenvalue weighted by atomic mass is 79.9. The highest BCUT2D eigenvalue weighted by Crippen LogP contribution is 2.36. The van der Waals surface area contributed by atoms with Crippen LogP contribution in [0.4, 0.5) is 0 Å². The van der Waals surface area contributed by atoms with Gasteiger partial charge >= 0.3 is 0 Å². The van der Waals surface area contributed by atoms with Crippen LogP contribution < -0.4 is 14.8 Å². The fourth-order valence-corrected chi connectivity index (χ4v) is 3.39. The van der Waals surface area contributed by atoms with E-state index in [1.165, 1.54) is 25.7 Å². The predicted molar refractivity (Wildman–Crippen MR) is 88.8 cm³/mol. The molecule has 0 saturated heterocycles. The molecule has 0 amide bonds. The smallest absolute Gasteiger partial charge is 0.134 e. The second-order valence-electron chi connectivity index (χ2n) is 5.05. The number of rotatable bonds is 7. The maximum absolute atomic E-state index is 5.81. The largest absolute Gasteiger partial charge is 0.496 e. The molecule has 1 aliphatic carbocycles. The van der Waals surface area contributed by atoms with Crippen LogP contribution in [0.15, 0.2) is 21.1 Å². The van der Waals surface area contributed by atoms with Crippen molar-refractivity contribution in [3.05, 3.63) is 21.1 Å². The molecule has 1 fully saturated rings. The van der Waals surface area contributed by atoms with E-state index in [-0.39, 0.29) is 0 Å². The summed E-state index contributed by atoms with van der Waals surface area (Å²) in [5.41, 5.74) is 0. The third kappa shape index (κ3) is 4.64. The Hall–Kier alpha value is -0.260. The van der Waals surface area contributed by atoms with Crippen LogP contribution >= 0.6 is 31.9 Å². The Labute approximate surface area is 137 Å². The molecular formula is C15H21Br2NO2. The summed E-state index contributed by atoms with van der Waals surface area (Å²) < 4.78 is 12.9. The van der Waals surface area contributed by atoms with Crippen molar-refractivity contribution in [1.29, 1.82) is 0 Å². The lowest BCUT2D eigenvalue weighted by atomic mass is 10.2. The fraction of sp³-hybridized carbons (Fsp3) is 0.600. The third-order valence-corrected chi connectivity index (χ3v) is 4.81. The Kier molecular flexibility index (Phi) is 6.65. The molecule has 0 unspecified atom stereocenters. The Morgan fingerprint density at radius 2 is 1.80 bits per heavy atom. The van der Waals surface area contributed by atoms with Crippen LogP contribution in [0.2, 0.25) is 0 Å². The molecule has 2 rings (SSSR count). The van der Waals surface area contributed by atoms with Crippen molar-refractivity contribution in [2.75, 3.05) is 20.3 Å². The van der Waals surface area contributed by atoms with Gasteiger partial charge in [-0.1, -0.05) is 12.8 Å². The molecule has 0 bridgehead atoms. The van der Waals surface area contributed by atoms with E-state index in [9.17, 15) is 0 Å². The van der Waals surface area contributed by atoms with Gasteiger partial charge in [-0.3, -0.25) is 0 Å². The molecule has 0 spiro atoms. The maximum Gasteiger partial charge on any atom is 0.134 e. The normalized spacial score (nSPS) is 15.6. The molecule has 1 aromatic rings. The van der Waals surface area contributed by atoms with E-state index in [1.807, 2.05) is 12.1 Å². The van der Waals surface area contributed by atoms with Crippen LogP contribution in [0.25, 0.3) is 0 Å². The summed E-state index contributed by atoms with van der Waals surface area (Å²) >= 11 is 6.97. The fourth-order valence-electron chi connectivity index (χ4n) is 2.47. The topological polar surface area (TPSA) is 30.5 Å². The summed E-state index contributed by atoms with van der Waals surface area (Å²) in [4.78, 5) is 0. The summed E-state index contributed by atoms with van der Waals surface area (Å²) in [7, 11) is 1.65. The number of hydrogen-bond donors (Lipinski definition) is 1. The monoisotopic (exact) mass is 405 g/mol. The van der Waals surface area contributed by atoms with Gasteiger partial charge in [0.25, 0.3) is 0 Å². The number of halogens is 2. The number of ether oxygens (including phenoxy) is 2. The molecule has 0 aromatic heterocycles. The van der Waals surface area contributed by atoms with E-state index in [2.05, 4.69) is 37.2 Å². The van der Waals surface area contributed by atoms with Gasteiger partial charge < -0.3 is 14.8 Å². The van der Waals surface area contributed by atoms with Crippen LogP contribution in [0.5, 0.6) is 11.5 Å². The molecular weight excluding hydrogens is 386 g/mol. The quantitative estimate of drug-likeness (QED) is 0.675. The lowest BCUT2D eigenvalue weighted by Crippen LogP contribution is -2.27. The van der Waals surface area contributed by atoms with Crippen molar-refractivity contribution < 1.29 is 9.47 Å². The lowest BCUT2D eigenvalue weighted by molar-refractivity contribution is 0.302. The highest BCUT2D eigenvalue weighted by Gasteiger charge is 2.13. The molecule has 3 nitrogen and oxygen atoms in total. The number of nitrogens with one attached hydrogen (secondary N) is 1. The number of methoxy groups -OCH3 is 1. The van der Waals surface area contributed by atoms with Gasteiger partial charge in [-0.05, 0) is 69.8 Å². The summed E-state index contributed by atoms with van der Waals surface area (Å²) in [6.45, 7) is 1.75. The Bertz CT molecular complexity index is 434. The Morgan fingerprint density at radius 1 is 1.15 bits per heavy atom. The Balaban J connectivity index is 1.72. The van der Waals surface area contributed by atoms with Gasteiger partial charge in [0, 0.05) is 6.04 Å². The minimum absolute atomic E-state index is 0.719. The maximum atomic E-state index is 5.81. The first-order valence-electron chi connectivity index (χ1n) is 7.10. The molecule has 1 aromatic carbocycles. The second-order valence-corrected chi connectivity index (χ2v) is 6.76. The van der Waals surface area contributed by atoms with Crippen molar-refractivity contribution in [1.82, 2.24) is 5.32 Å². The van der Waals surface area contributed by atoms with Crippen LogP contribution in [-0.4, -0.2) is 26.3 Å². The minimum Gasteiger partial charge on any atom is -0.496 e. The van der Waals surface area contributed by atoms with Crippen LogP contribution in [0, 0.1) is 0 Å². The van der Waals surface area contributed by atoms with Gasteiger partial charge in [0.2, 0.25) is 0 Å². The van der Waals surface area contributed by atoms with Gasteiger partial charge in [0.05, 0.1) is 22.7 Å². The van der Waals surface area contributed by atoms with Gasteiger partial charge in [-0.25, -0.2) is 0 Å². The average molecular weight is 407 g/mol. The zero-order valence-corrected chi connectivity index (χ0v) is 14.9. The standard InChI is InChI=1S/C15H21Br2NO2/c1-19-14-9-13(17)15(10-12(14)16)20-8-4-7-18-11-5-2-3-6-11/h9-11,18H,2-8H2,1H3. The molecule has 1 N–H and O–H groups in total. The summed E-state index contributed by atoms with van der Waals surface area (Å²) in [6.07, 6.45) is 6.43. The predicted octanol–water partition coefficient (Wildman–Crippen LogP) is 4.52. The molecule has 1 saturated carbocycles. The van der Waals surface area contributed by atoms with Crippen molar-refractivity contribution >= 4 is 31.9 Å². The second kappa shape index (κ2) is 8.25. The summed E-state index contributed by atoms with van der Waals surface area (Å²) in [5.74, 6) is 1.64. The van der Waals surface area contributed by atoms with E-state index >= 15 is 0 Å². The molecule has 0 atom stereocenters. The summed E-state index contributed by atoms with van der Waals surface area (Å²) in [5, 5.41) is 3.59. The van der Waals surface area contributed by atoms with E-state index in [1.54, 1.807) is 7.11 Å². The molecule has 0 radical (unpaired) electrons. The van der Waals surface area contributed by atoms with Gasteiger partial charge in [-0.2, -0.15) is 0 Å². The minimum atomic E-state index is 0.719. The van der Waals surface area contributed by atoms with Gasteiger partial charge in [-0.15, -0.1) is 0 Å². The highest BCUT2D eigenvalue weighted by molar-refractivity contribution is 9.11. The van der Waals surface area contributed by atoms with Crippen LogP contribution in [-0.2, 0) is 0 Å². The van der Waals surface area contributed by atoms with E-state index < -0.39 is 0 Å². The van der Waals surface area contributed by atoms with E-state index in [4.69, 9.17) is 9.47 Å². The zero-order valence-electron chi connectivity index (χ0n) is 11.8. The third-order valence-electron chi connectivity index (χ3n) is 3.57. The molecule has 5 heteroatoms. The Morgan fingerprint density at radius 3 is 2.50 bits per heavy atom. The van der Waals surface area contributed by atoms with Gasteiger partial charge in [0.1, 0.15) is 11.5 Å². The first kappa shape index (κ1) is 16.1. The van der Waals surface area contributed by atoms with Gasteiger partial charge in [0.15, 0.2) is 0 Å². The molecule has 1 aliphatic rings. The van der Waals surface area contributed by atoms with Crippen molar-refractivity contribution in [2.45, 2.75) is 38.1 Å².